The third-order valence-corrected chi connectivity index (χ3v) is 2.77. The second kappa shape index (κ2) is 6.59. The van der Waals surface area contributed by atoms with E-state index in [0.717, 1.165) is 0 Å². The predicted octanol–water partition coefficient (Wildman–Crippen LogP) is 1.24. The highest BCUT2D eigenvalue weighted by molar-refractivity contribution is 5.96. The third kappa shape index (κ3) is 6.26. The molecule has 0 spiro atoms. The SMILES string of the molecule is CCNC(=O)NC(=O)C(C)NC(C)C(C)(C)C. The van der Waals surface area contributed by atoms with E-state index in [1.807, 2.05) is 6.92 Å². The summed E-state index contributed by atoms with van der Waals surface area (Å²) in [7, 11) is 0. The van der Waals surface area contributed by atoms with Gasteiger partial charge < -0.3 is 10.6 Å². The van der Waals surface area contributed by atoms with Crippen LogP contribution in [0, 0.1) is 5.41 Å². The lowest BCUT2D eigenvalue weighted by molar-refractivity contribution is -0.122. The molecule has 0 aliphatic rings. The summed E-state index contributed by atoms with van der Waals surface area (Å²) in [5.74, 6) is -0.313. The van der Waals surface area contributed by atoms with Gasteiger partial charge in [-0.15, -0.1) is 0 Å². The van der Waals surface area contributed by atoms with Gasteiger partial charge in [0.2, 0.25) is 5.91 Å². The maximum Gasteiger partial charge on any atom is 0.321 e. The molecule has 0 heterocycles. The zero-order chi connectivity index (χ0) is 13.6. The highest BCUT2D eigenvalue weighted by Gasteiger charge is 2.24. The Morgan fingerprint density at radius 1 is 1.18 bits per heavy atom. The van der Waals surface area contributed by atoms with Gasteiger partial charge in [0, 0.05) is 12.6 Å². The van der Waals surface area contributed by atoms with Crippen LogP contribution in [0.4, 0.5) is 4.79 Å². The zero-order valence-electron chi connectivity index (χ0n) is 11.7. The molecule has 5 heteroatoms. The fourth-order valence-corrected chi connectivity index (χ4v) is 1.13. The average molecular weight is 243 g/mol. The van der Waals surface area contributed by atoms with Gasteiger partial charge in [-0.2, -0.15) is 0 Å². The van der Waals surface area contributed by atoms with Crippen molar-refractivity contribution >= 4 is 11.9 Å². The molecule has 3 amide bonds. The van der Waals surface area contributed by atoms with Gasteiger partial charge >= 0.3 is 6.03 Å². The summed E-state index contributed by atoms with van der Waals surface area (Å²) in [5, 5.41) is 7.98. The molecule has 0 fully saturated rings. The smallest absolute Gasteiger partial charge is 0.321 e. The minimum Gasteiger partial charge on any atom is -0.338 e. The molecule has 0 saturated heterocycles. The molecule has 0 radical (unpaired) electrons. The van der Waals surface area contributed by atoms with Gasteiger partial charge in [-0.1, -0.05) is 20.8 Å². The normalized spacial score (nSPS) is 14.9. The largest absolute Gasteiger partial charge is 0.338 e. The van der Waals surface area contributed by atoms with Gasteiger partial charge in [-0.3, -0.25) is 10.1 Å². The van der Waals surface area contributed by atoms with Crippen LogP contribution in [-0.4, -0.2) is 30.6 Å². The van der Waals surface area contributed by atoms with E-state index in [0.29, 0.717) is 6.54 Å². The number of hydrogen-bond acceptors (Lipinski definition) is 3. The number of carbonyl (C=O) groups excluding carboxylic acids is 2. The number of rotatable bonds is 4. The van der Waals surface area contributed by atoms with E-state index < -0.39 is 12.1 Å². The van der Waals surface area contributed by atoms with Crippen molar-refractivity contribution in [2.45, 2.75) is 53.6 Å². The molecular formula is C12H25N3O2. The zero-order valence-corrected chi connectivity index (χ0v) is 11.7. The van der Waals surface area contributed by atoms with Crippen molar-refractivity contribution in [1.82, 2.24) is 16.0 Å². The van der Waals surface area contributed by atoms with E-state index in [-0.39, 0.29) is 17.4 Å². The molecule has 3 N–H and O–H groups in total. The minimum absolute atomic E-state index is 0.0697. The van der Waals surface area contributed by atoms with Crippen molar-refractivity contribution in [3.05, 3.63) is 0 Å². The van der Waals surface area contributed by atoms with Gasteiger partial charge in [0.25, 0.3) is 0 Å². The highest BCUT2D eigenvalue weighted by atomic mass is 16.2. The molecule has 0 saturated carbocycles. The summed E-state index contributed by atoms with van der Waals surface area (Å²) in [5.41, 5.74) is 0.0697. The van der Waals surface area contributed by atoms with Crippen molar-refractivity contribution in [3.8, 4) is 0 Å². The first-order valence-electron chi connectivity index (χ1n) is 6.03. The monoisotopic (exact) mass is 243 g/mol. The quantitative estimate of drug-likeness (QED) is 0.696. The first-order valence-corrected chi connectivity index (χ1v) is 6.03. The Balaban J connectivity index is 4.19. The summed E-state index contributed by atoms with van der Waals surface area (Å²) in [6, 6.07) is -0.668. The summed E-state index contributed by atoms with van der Waals surface area (Å²) in [6.45, 7) is 12.4. The Morgan fingerprint density at radius 2 is 1.71 bits per heavy atom. The fraction of sp³-hybridized carbons (Fsp3) is 0.833. The maximum atomic E-state index is 11.7. The highest BCUT2D eigenvalue weighted by Crippen LogP contribution is 2.18. The van der Waals surface area contributed by atoms with Gasteiger partial charge in [-0.05, 0) is 26.2 Å². The molecule has 5 nitrogen and oxygen atoms in total. The summed E-state index contributed by atoms with van der Waals surface area (Å²) < 4.78 is 0. The van der Waals surface area contributed by atoms with Crippen LogP contribution < -0.4 is 16.0 Å². The second-order valence-electron chi connectivity index (χ2n) is 5.32. The van der Waals surface area contributed by atoms with Crippen molar-refractivity contribution in [2.24, 2.45) is 5.41 Å². The van der Waals surface area contributed by atoms with Gasteiger partial charge in [0.15, 0.2) is 0 Å². The fourth-order valence-electron chi connectivity index (χ4n) is 1.13. The molecule has 17 heavy (non-hydrogen) atoms. The molecule has 0 bridgehead atoms. The van der Waals surface area contributed by atoms with Gasteiger partial charge in [-0.25, -0.2) is 4.79 Å². The first-order chi connectivity index (χ1) is 7.68. The van der Waals surface area contributed by atoms with Crippen LogP contribution in [0.1, 0.15) is 41.5 Å². The molecule has 2 atom stereocenters. The molecule has 0 aromatic heterocycles. The Morgan fingerprint density at radius 3 is 2.12 bits per heavy atom. The average Bonchev–Trinajstić information content (AvgIpc) is 2.16. The Bertz CT molecular complexity index is 271. The molecule has 2 unspecified atom stereocenters. The summed E-state index contributed by atoms with van der Waals surface area (Å²) in [6.07, 6.45) is 0. The topological polar surface area (TPSA) is 70.2 Å². The van der Waals surface area contributed by atoms with E-state index in [2.05, 4.69) is 36.7 Å². The van der Waals surface area contributed by atoms with Crippen LogP contribution in [0.15, 0.2) is 0 Å². The number of hydrogen-bond donors (Lipinski definition) is 3. The number of carbonyl (C=O) groups is 2. The van der Waals surface area contributed by atoms with Crippen LogP contribution in [0.2, 0.25) is 0 Å². The van der Waals surface area contributed by atoms with Crippen molar-refractivity contribution < 1.29 is 9.59 Å². The van der Waals surface area contributed by atoms with Crippen LogP contribution >= 0.6 is 0 Å². The van der Waals surface area contributed by atoms with Crippen molar-refractivity contribution in [2.75, 3.05) is 6.54 Å². The molecular weight excluding hydrogens is 218 g/mol. The van der Waals surface area contributed by atoms with Crippen molar-refractivity contribution in [3.63, 3.8) is 0 Å². The van der Waals surface area contributed by atoms with E-state index >= 15 is 0 Å². The molecule has 0 aromatic rings. The number of urea groups is 1. The van der Waals surface area contributed by atoms with Crippen LogP contribution in [0.5, 0.6) is 0 Å². The Labute approximate surface area is 104 Å². The standard InChI is InChI=1S/C12H25N3O2/c1-7-13-11(17)15-10(16)8(2)14-9(3)12(4,5)6/h8-9,14H,7H2,1-6H3,(H2,13,15,16,17). The Hall–Kier alpha value is -1.10. The number of amides is 3. The lowest BCUT2D eigenvalue weighted by Crippen LogP contribution is -2.52. The maximum absolute atomic E-state index is 11.7. The third-order valence-electron chi connectivity index (χ3n) is 2.77. The van der Waals surface area contributed by atoms with Gasteiger partial charge in [0.1, 0.15) is 0 Å². The predicted molar refractivity (Wildman–Crippen MR) is 68.7 cm³/mol. The van der Waals surface area contributed by atoms with Crippen LogP contribution in [0.25, 0.3) is 0 Å². The lowest BCUT2D eigenvalue weighted by Gasteiger charge is -2.30. The molecule has 100 valence electrons. The van der Waals surface area contributed by atoms with E-state index in [4.69, 9.17) is 0 Å². The lowest BCUT2D eigenvalue weighted by atomic mass is 9.87. The van der Waals surface area contributed by atoms with Crippen molar-refractivity contribution in [1.29, 1.82) is 0 Å². The Kier molecular flexibility index (Phi) is 6.16. The van der Waals surface area contributed by atoms with Crippen LogP contribution in [0.3, 0.4) is 0 Å². The summed E-state index contributed by atoms with van der Waals surface area (Å²) >= 11 is 0. The van der Waals surface area contributed by atoms with Gasteiger partial charge in [0.05, 0.1) is 6.04 Å². The molecule has 0 rings (SSSR count). The second-order valence-corrected chi connectivity index (χ2v) is 5.32. The first kappa shape index (κ1) is 15.9. The molecule has 0 aromatic carbocycles. The minimum atomic E-state index is -0.449. The molecule has 0 aliphatic heterocycles. The van der Waals surface area contributed by atoms with E-state index in [1.165, 1.54) is 0 Å². The van der Waals surface area contributed by atoms with Crippen LogP contribution in [-0.2, 0) is 4.79 Å². The number of imide groups is 1. The van der Waals surface area contributed by atoms with E-state index in [9.17, 15) is 9.59 Å². The number of nitrogens with one attached hydrogen (secondary N) is 3. The van der Waals surface area contributed by atoms with E-state index in [1.54, 1.807) is 13.8 Å². The summed E-state index contributed by atoms with van der Waals surface area (Å²) in [4.78, 5) is 22.8. The molecule has 0 aliphatic carbocycles.